The average Bonchev–Trinajstić information content (AvgIpc) is 2.39. The summed E-state index contributed by atoms with van der Waals surface area (Å²) in [5.74, 6) is 0. The summed E-state index contributed by atoms with van der Waals surface area (Å²) < 4.78 is 0. The molecule has 0 saturated heterocycles. The Morgan fingerprint density at radius 1 is 1.00 bits per heavy atom. The van der Waals surface area contributed by atoms with Crippen LogP contribution >= 0.6 is 0 Å². The molecule has 2 rings (SSSR count). The molecule has 3 nitrogen and oxygen atoms in total. The van der Waals surface area contributed by atoms with Gasteiger partial charge in [0.2, 0.25) is 0 Å². The molecule has 0 aliphatic carbocycles. The Balaban J connectivity index is 2.55. The van der Waals surface area contributed by atoms with Crippen LogP contribution in [0.5, 0.6) is 0 Å². The number of hydrogen-bond donors (Lipinski definition) is 1. The molecule has 2 aromatic rings. The highest BCUT2D eigenvalue weighted by atomic mass is 16.3. The maximum atomic E-state index is 10.9. The van der Waals surface area contributed by atoms with Crippen molar-refractivity contribution in [1.29, 1.82) is 0 Å². The van der Waals surface area contributed by atoms with Crippen LogP contribution in [0.1, 0.15) is 11.3 Å². The van der Waals surface area contributed by atoms with Gasteiger partial charge in [-0.15, -0.1) is 0 Å². The van der Waals surface area contributed by atoms with E-state index in [1.165, 1.54) is 0 Å². The van der Waals surface area contributed by atoms with Gasteiger partial charge in [0.05, 0.1) is 5.69 Å². The highest BCUT2D eigenvalue weighted by Crippen LogP contribution is 2.29. The zero-order chi connectivity index (χ0) is 12.3. The molecular weight excluding hydrogens is 212 g/mol. The molecule has 88 valence electrons. The van der Waals surface area contributed by atoms with Crippen molar-refractivity contribution in [1.82, 2.24) is 9.88 Å². The number of aliphatic hydroxyl groups is 1. The third kappa shape index (κ3) is 2.07. The van der Waals surface area contributed by atoms with Crippen molar-refractivity contribution in [2.45, 2.75) is 5.72 Å². The van der Waals surface area contributed by atoms with E-state index in [0.717, 1.165) is 5.56 Å². The van der Waals surface area contributed by atoms with E-state index in [1.807, 2.05) is 62.6 Å². The fourth-order valence-electron chi connectivity index (χ4n) is 1.87. The summed E-state index contributed by atoms with van der Waals surface area (Å²) in [4.78, 5) is 6.01. The van der Waals surface area contributed by atoms with Crippen LogP contribution in [0.15, 0.2) is 54.7 Å². The normalized spacial score (nSPS) is 14.6. The van der Waals surface area contributed by atoms with Gasteiger partial charge in [0.25, 0.3) is 0 Å². The van der Waals surface area contributed by atoms with E-state index in [2.05, 4.69) is 4.98 Å². The lowest BCUT2D eigenvalue weighted by molar-refractivity contribution is -0.0543. The van der Waals surface area contributed by atoms with Gasteiger partial charge in [-0.3, -0.25) is 9.88 Å². The molecule has 0 aliphatic rings. The van der Waals surface area contributed by atoms with Gasteiger partial charge in [0, 0.05) is 11.8 Å². The Kier molecular flexibility index (Phi) is 3.22. The molecule has 0 bridgehead atoms. The van der Waals surface area contributed by atoms with Crippen LogP contribution in [-0.4, -0.2) is 29.1 Å². The number of nitrogens with zero attached hydrogens (tertiary/aromatic N) is 2. The summed E-state index contributed by atoms with van der Waals surface area (Å²) in [5.41, 5.74) is 0.239. The SMILES string of the molecule is CN(C)C(O)(c1ccccc1)c1ccccn1. The van der Waals surface area contributed by atoms with Crippen LogP contribution in [0.2, 0.25) is 0 Å². The first-order valence-corrected chi connectivity index (χ1v) is 5.52. The minimum atomic E-state index is -1.19. The van der Waals surface area contributed by atoms with E-state index < -0.39 is 5.72 Å². The first-order valence-electron chi connectivity index (χ1n) is 5.52. The van der Waals surface area contributed by atoms with Gasteiger partial charge in [0.1, 0.15) is 0 Å². The summed E-state index contributed by atoms with van der Waals surface area (Å²) in [6.45, 7) is 0. The predicted molar refractivity (Wildman–Crippen MR) is 67.4 cm³/mol. The standard InChI is InChI=1S/C14H16N2O/c1-16(2)14(17,12-8-4-3-5-9-12)13-10-6-7-11-15-13/h3-11,17H,1-2H3. The second-order valence-corrected chi connectivity index (χ2v) is 4.15. The van der Waals surface area contributed by atoms with E-state index in [0.29, 0.717) is 5.69 Å². The molecule has 0 amide bonds. The Bertz CT molecular complexity index is 429. The van der Waals surface area contributed by atoms with Crippen molar-refractivity contribution in [3.8, 4) is 0 Å². The monoisotopic (exact) mass is 228 g/mol. The van der Waals surface area contributed by atoms with Crippen LogP contribution < -0.4 is 0 Å². The van der Waals surface area contributed by atoms with Gasteiger partial charge in [0.15, 0.2) is 5.72 Å². The number of pyridine rings is 1. The van der Waals surface area contributed by atoms with Gasteiger partial charge in [-0.25, -0.2) is 0 Å². The van der Waals surface area contributed by atoms with Crippen LogP contribution in [0, 0.1) is 0 Å². The second kappa shape index (κ2) is 4.65. The van der Waals surface area contributed by atoms with Crippen LogP contribution in [0.25, 0.3) is 0 Å². The summed E-state index contributed by atoms with van der Waals surface area (Å²) in [7, 11) is 3.67. The Labute approximate surface area is 101 Å². The maximum absolute atomic E-state index is 10.9. The molecule has 0 aliphatic heterocycles. The zero-order valence-electron chi connectivity index (χ0n) is 10.0. The molecule has 0 fully saturated rings. The van der Waals surface area contributed by atoms with E-state index in [-0.39, 0.29) is 0 Å². The van der Waals surface area contributed by atoms with Gasteiger partial charge >= 0.3 is 0 Å². The van der Waals surface area contributed by atoms with Crippen LogP contribution in [-0.2, 0) is 5.72 Å². The van der Waals surface area contributed by atoms with Gasteiger partial charge < -0.3 is 5.11 Å². The van der Waals surface area contributed by atoms with Crippen molar-refractivity contribution in [3.05, 3.63) is 66.0 Å². The minimum absolute atomic E-state index is 0.621. The van der Waals surface area contributed by atoms with Crippen molar-refractivity contribution in [2.75, 3.05) is 14.1 Å². The molecule has 17 heavy (non-hydrogen) atoms. The van der Waals surface area contributed by atoms with E-state index in [1.54, 1.807) is 11.1 Å². The second-order valence-electron chi connectivity index (χ2n) is 4.15. The molecule has 1 heterocycles. The molecule has 0 radical (unpaired) electrons. The van der Waals surface area contributed by atoms with Crippen molar-refractivity contribution < 1.29 is 5.11 Å². The molecular formula is C14H16N2O. The lowest BCUT2D eigenvalue weighted by Crippen LogP contribution is -2.43. The van der Waals surface area contributed by atoms with Crippen LogP contribution in [0.3, 0.4) is 0 Å². The number of hydrogen-bond acceptors (Lipinski definition) is 3. The number of benzene rings is 1. The van der Waals surface area contributed by atoms with Gasteiger partial charge in [-0.2, -0.15) is 0 Å². The molecule has 1 aromatic carbocycles. The highest BCUT2D eigenvalue weighted by molar-refractivity contribution is 5.31. The lowest BCUT2D eigenvalue weighted by Gasteiger charge is -2.34. The van der Waals surface area contributed by atoms with Crippen LogP contribution in [0.4, 0.5) is 0 Å². The van der Waals surface area contributed by atoms with Crippen molar-refractivity contribution in [2.24, 2.45) is 0 Å². The first-order chi connectivity index (χ1) is 8.15. The average molecular weight is 228 g/mol. The first kappa shape index (κ1) is 11.8. The molecule has 0 spiro atoms. The quantitative estimate of drug-likeness (QED) is 0.814. The number of aromatic nitrogens is 1. The summed E-state index contributed by atoms with van der Waals surface area (Å²) in [5, 5.41) is 10.9. The van der Waals surface area contributed by atoms with E-state index in [9.17, 15) is 5.11 Å². The van der Waals surface area contributed by atoms with Gasteiger partial charge in [-0.05, 0) is 26.2 Å². The third-order valence-electron chi connectivity index (χ3n) is 2.85. The smallest absolute Gasteiger partial charge is 0.187 e. The maximum Gasteiger partial charge on any atom is 0.187 e. The Morgan fingerprint density at radius 2 is 1.65 bits per heavy atom. The Hall–Kier alpha value is -1.71. The molecule has 1 N–H and O–H groups in total. The predicted octanol–water partition coefficient (Wildman–Crippen LogP) is 1.84. The largest absolute Gasteiger partial charge is 0.366 e. The molecule has 0 saturated carbocycles. The van der Waals surface area contributed by atoms with E-state index in [4.69, 9.17) is 0 Å². The highest BCUT2D eigenvalue weighted by Gasteiger charge is 2.35. The molecule has 1 atom stereocenters. The third-order valence-corrected chi connectivity index (χ3v) is 2.85. The minimum Gasteiger partial charge on any atom is -0.366 e. The summed E-state index contributed by atoms with van der Waals surface area (Å²) >= 11 is 0. The lowest BCUT2D eigenvalue weighted by atomic mass is 9.97. The fourth-order valence-corrected chi connectivity index (χ4v) is 1.87. The molecule has 3 heteroatoms. The zero-order valence-corrected chi connectivity index (χ0v) is 10.0. The topological polar surface area (TPSA) is 36.4 Å². The molecule has 1 aromatic heterocycles. The van der Waals surface area contributed by atoms with Gasteiger partial charge in [-0.1, -0.05) is 36.4 Å². The van der Waals surface area contributed by atoms with E-state index >= 15 is 0 Å². The summed E-state index contributed by atoms with van der Waals surface area (Å²) in [6, 6.07) is 15.1. The Morgan fingerprint density at radius 3 is 2.18 bits per heavy atom. The fraction of sp³-hybridized carbons (Fsp3) is 0.214. The van der Waals surface area contributed by atoms with Crippen molar-refractivity contribution in [3.63, 3.8) is 0 Å². The number of rotatable bonds is 3. The summed E-state index contributed by atoms with van der Waals surface area (Å²) in [6.07, 6.45) is 1.69. The molecule has 1 unspecified atom stereocenters. The van der Waals surface area contributed by atoms with Crippen molar-refractivity contribution >= 4 is 0 Å².